The van der Waals surface area contributed by atoms with Crippen molar-refractivity contribution in [2.75, 3.05) is 6.54 Å². The van der Waals surface area contributed by atoms with Crippen molar-refractivity contribution in [3.63, 3.8) is 0 Å². The predicted octanol–water partition coefficient (Wildman–Crippen LogP) is 0.267. The number of halogens is 1. The van der Waals surface area contributed by atoms with Crippen molar-refractivity contribution in [1.29, 1.82) is 0 Å². The Balaban J connectivity index is 3.10. The minimum absolute atomic E-state index is 0.0940. The van der Waals surface area contributed by atoms with Crippen molar-refractivity contribution < 1.29 is 24.5 Å². The second kappa shape index (κ2) is 5.72. The smallest absolute Gasteiger partial charge is 0.336 e. The minimum Gasteiger partial charge on any atom is -0.478 e. The van der Waals surface area contributed by atoms with E-state index >= 15 is 0 Å². The Hall–Kier alpha value is -1.50. The fraction of sp³-hybridized carbons (Fsp3) is 0.364. The lowest BCUT2D eigenvalue weighted by Crippen LogP contribution is -2.23. The first-order valence-corrected chi connectivity index (χ1v) is 5.06. The second-order valence-electron chi connectivity index (χ2n) is 3.63. The predicted molar refractivity (Wildman–Crippen MR) is 58.0 cm³/mol. The lowest BCUT2D eigenvalue weighted by atomic mass is 9.97. The van der Waals surface area contributed by atoms with E-state index in [9.17, 15) is 19.4 Å². The van der Waals surface area contributed by atoms with Gasteiger partial charge in [-0.2, -0.15) is 0 Å². The molecule has 1 rings (SSSR count). The van der Waals surface area contributed by atoms with Crippen molar-refractivity contribution in [1.82, 2.24) is 0 Å². The van der Waals surface area contributed by atoms with Gasteiger partial charge in [-0.25, -0.2) is 9.18 Å². The molecule has 0 aromatic heterocycles. The number of carbonyl (C=O) groups is 1. The minimum atomic E-state index is -1.47. The number of aromatic carboxylic acids is 1. The van der Waals surface area contributed by atoms with E-state index in [0.717, 1.165) is 18.2 Å². The summed E-state index contributed by atoms with van der Waals surface area (Å²) in [5.74, 6) is -1.97. The summed E-state index contributed by atoms with van der Waals surface area (Å²) >= 11 is 0. The average Bonchev–Trinajstić information content (AvgIpc) is 2.27. The summed E-state index contributed by atoms with van der Waals surface area (Å²) in [6.07, 6.45) is -2.60. The molecular formula is C11H14FNO4. The molecule has 1 aromatic carbocycles. The van der Waals surface area contributed by atoms with E-state index in [1.54, 1.807) is 0 Å². The summed E-state index contributed by atoms with van der Waals surface area (Å²) in [6, 6.07) is 2.92. The van der Waals surface area contributed by atoms with Crippen LogP contribution in [0.2, 0.25) is 0 Å². The number of aliphatic hydroxyl groups is 2. The average molecular weight is 243 g/mol. The van der Waals surface area contributed by atoms with Crippen LogP contribution in [0.3, 0.4) is 0 Å². The molecule has 0 saturated heterocycles. The van der Waals surface area contributed by atoms with E-state index in [2.05, 4.69) is 0 Å². The molecular weight excluding hydrogens is 229 g/mol. The lowest BCUT2D eigenvalue weighted by Gasteiger charge is -2.19. The molecule has 1 aromatic rings. The Bertz CT molecular complexity index is 410. The highest BCUT2D eigenvalue weighted by molar-refractivity contribution is 5.89. The van der Waals surface area contributed by atoms with E-state index in [1.807, 2.05) is 0 Å². The van der Waals surface area contributed by atoms with Gasteiger partial charge < -0.3 is 21.1 Å². The summed E-state index contributed by atoms with van der Waals surface area (Å²) in [4.78, 5) is 10.9. The lowest BCUT2D eigenvalue weighted by molar-refractivity contribution is 0.0139. The van der Waals surface area contributed by atoms with E-state index in [1.165, 1.54) is 0 Å². The van der Waals surface area contributed by atoms with Crippen molar-refractivity contribution in [3.8, 4) is 0 Å². The molecule has 0 aliphatic rings. The molecule has 0 fully saturated rings. The van der Waals surface area contributed by atoms with E-state index < -0.39 is 24.0 Å². The van der Waals surface area contributed by atoms with E-state index in [0.29, 0.717) is 0 Å². The summed E-state index contributed by atoms with van der Waals surface area (Å²) < 4.78 is 13.0. The molecule has 5 N–H and O–H groups in total. The number of rotatable bonds is 5. The standard InChI is InChI=1S/C11H14FNO4/c12-6-1-2-7(11(16)17)8(5-6)10(15)9(14)3-4-13/h1-2,5,9-10,14-15H,3-4,13H2,(H,16,17). The molecule has 6 heteroatoms. The van der Waals surface area contributed by atoms with Gasteiger partial charge in [-0.15, -0.1) is 0 Å². The Kier molecular flexibility index (Phi) is 4.56. The fourth-order valence-corrected chi connectivity index (χ4v) is 1.51. The van der Waals surface area contributed by atoms with E-state index in [4.69, 9.17) is 10.8 Å². The molecule has 0 amide bonds. The molecule has 94 valence electrons. The number of nitrogens with two attached hydrogens (primary N) is 1. The van der Waals surface area contributed by atoms with Crippen LogP contribution in [-0.2, 0) is 0 Å². The fourth-order valence-electron chi connectivity index (χ4n) is 1.51. The highest BCUT2D eigenvalue weighted by Crippen LogP contribution is 2.23. The molecule has 0 spiro atoms. The van der Waals surface area contributed by atoms with Crippen molar-refractivity contribution >= 4 is 5.97 Å². The van der Waals surface area contributed by atoms with Gasteiger partial charge in [0.15, 0.2) is 0 Å². The molecule has 5 nitrogen and oxygen atoms in total. The first kappa shape index (κ1) is 13.6. The first-order chi connectivity index (χ1) is 7.97. The zero-order valence-corrected chi connectivity index (χ0v) is 9.01. The van der Waals surface area contributed by atoms with Gasteiger partial charge in [0.2, 0.25) is 0 Å². The number of carboxylic acid groups (broad SMARTS) is 1. The molecule has 0 bridgehead atoms. The summed E-state index contributed by atoms with van der Waals surface area (Å²) in [5.41, 5.74) is 4.82. The van der Waals surface area contributed by atoms with Gasteiger partial charge >= 0.3 is 5.97 Å². The van der Waals surface area contributed by atoms with E-state index in [-0.39, 0.29) is 24.1 Å². The molecule has 0 saturated carbocycles. The first-order valence-electron chi connectivity index (χ1n) is 5.06. The molecule has 2 unspecified atom stereocenters. The van der Waals surface area contributed by atoms with Crippen LogP contribution in [0.25, 0.3) is 0 Å². The van der Waals surface area contributed by atoms with Gasteiger partial charge in [-0.05, 0) is 31.2 Å². The summed E-state index contributed by atoms with van der Waals surface area (Å²) in [5, 5.41) is 28.1. The third-order valence-corrected chi connectivity index (χ3v) is 2.39. The normalized spacial score (nSPS) is 14.4. The molecule has 17 heavy (non-hydrogen) atoms. The van der Waals surface area contributed by atoms with Crippen molar-refractivity contribution in [2.45, 2.75) is 18.6 Å². The second-order valence-corrected chi connectivity index (χ2v) is 3.63. The largest absolute Gasteiger partial charge is 0.478 e. The SMILES string of the molecule is NCCC(O)C(O)c1cc(F)ccc1C(=O)O. The highest BCUT2D eigenvalue weighted by atomic mass is 19.1. The topological polar surface area (TPSA) is 104 Å². The third-order valence-electron chi connectivity index (χ3n) is 2.39. The molecule has 0 aliphatic carbocycles. The zero-order valence-electron chi connectivity index (χ0n) is 9.01. The Morgan fingerprint density at radius 1 is 1.41 bits per heavy atom. The van der Waals surface area contributed by atoms with Crippen LogP contribution < -0.4 is 5.73 Å². The van der Waals surface area contributed by atoms with Gasteiger partial charge in [0.1, 0.15) is 11.9 Å². The quantitative estimate of drug-likeness (QED) is 0.594. The zero-order chi connectivity index (χ0) is 13.0. The number of hydrogen-bond acceptors (Lipinski definition) is 4. The van der Waals surface area contributed by atoms with Gasteiger partial charge in [-0.1, -0.05) is 0 Å². The van der Waals surface area contributed by atoms with Crippen molar-refractivity contribution in [3.05, 3.63) is 35.1 Å². The van der Waals surface area contributed by atoms with Crippen molar-refractivity contribution in [2.24, 2.45) is 5.73 Å². The number of aliphatic hydroxyl groups excluding tert-OH is 2. The van der Waals surface area contributed by atoms with Gasteiger partial charge in [-0.3, -0.25) is 0 Å². The molecule has 2 atom stereocenters. The summed E-state index contributed by atoms with van der Waals surface area (Å²) in [6.45, 7) is 0.135. The van der Waals surface area contributed by atoms with Crippen LogP contribution in [0, 0.1) is 5.82 Å². The van der Waals surface area contributed by atoms with Crippen LogP contribution in [0.4, 0.5) is 4.39 Å². The highest BCUT2D eigenvalue weighted by Gasteiger charge is 2.23. The monoisotopic (exact) mass is 243 g/mol. The molecule has 0 heterocycles. The van der Waals surface area contributed by atoms with Crippen LogP contribution in [0.1, 0.15) is 28.4 Å². The number of carboxylic acids is 1. The Labute approximate surface area is 97.3 Å². The Morgan fingerprint density at radius 2 is 2.06 bits per heavy atom. The maximum absolute atomic E-state index is 13.0. The summed E-state index contributed by atoms with van der Waals surface area (Å²) in [7, 11) is 0. The van der Waals surface area contributed by atoms with Crippen LogP contribution in [-0.4, -0.2) is 33.9 Å². The third kappa shape index (κ3) is 3.23. The van der Waals surface area contributed by atoms with Crippen LogP contribution in [0.15, 0.2) is 18.2 Å². The van der Waals surface area contributed by atoms with Gasteiger partial charge in [0.25, 0.3) is 0 Å². The van der Waals surface area contributed by atoms with Crippen LogP contribution in [0.5, 0.6) is 0 Å². The maximum atomic E-state index is 13.0. The van der Waals surface area contributed by atoms with Crippen LogP contribution >= 0.6 is 0 Å². The number of hydrogen-bond donors (Lipinski definition) is 4. The number of benzene rings is 1. The Morgan fingerprint density at radius 3 is 2.59 bits per heavy atom. The molecule has 0 radical (unpaired) electrons. The van der Waals surface area contributed by atoms with Gasteiger partial charge in [0.05, 0.1) is 11.7 Å². The van der Waals surface area contributed by atoms with Gasteiger partial charge in [0, 0.05) is 5.56 Å². The maximum Gasteiger partial charge on any atom is 0.336 e. The molecule has 0 aliphatic heterocycles.